The Bertz CT molecular complexity index is 1020. The molecule has 1 N–H and O–H groups in total. The third-order valence-corrected chi connectivity index (χ3v) is 5.77. The van der Waals surface area contributed by atoms with E-state index in [9.17, 15) is 4.79 Å². The number of pyridine rings is 1. The minimum absolute atomic E-state index is 0.193. The predicted molar refractivity (Wildman–Crippen MR) is 104 cm³/mol. The second kappa shape index (κ2) is 7.29. The Hall–Kier alpha value is -3.05. The van der Waals surface area contributed by atoms with Gasteiger partial charge in [-0.15, -0.1) is 11.3 Å². The van der Waals surface area contributed by atoms with E-state index in [-0.39, 0.29) is 11.9 Å². The fraction of sp³-hybridized carbons (Fsp3) is 0.316. The highest BCUT2D eigenvalue weighted by Gasteiger charge is 2.26. The van der Waals surface area contributed by atoms with E-state index >= 15 is 0 Å². The van der Waals surface area contributed by atoms with Crippen LogP contribution in [-0.2, 0) is 4.79 Å². The van der Waals surface area contributed by atoms with Gasteiger partial charge in [0.25, 0.3) is 0 Å². The number of nitrogens with zero attached hydrogens (tertiary/aromatic N) is 5. The van der Waals surface area contributed by atoms with Gasteiger partial charge in [0.15, 0.2) is 0 Å². The van der Waals surface area contributed by atoms with E-state index in [1.807, 2.05) is 24.0 Å². The molecule has 1 atom stereocenters. The number of likely N-dealkylation sites (tertiary alicyclic amines) is 1. The quantitative estimate of drug-likeness (QED) is 0.750. The van der Waals surface area contributed by atoms with Gasteiger partial charge in [-0.25, -0.2) is 15.0 Å². The van der Waals surface area contributed by atoms with Gasteiger partial charge in [-0.2, -0.15) is 5.26 Å². The van der Waals surface area contributed by atoms with Crippen LogP contribution in [-0.4, -0.2) is 44.9 Å². The Kier molecular flexibility index (Phi) is 4.69. The Morgan fingerprint density at radius 1 is 1.41 bits per heavy atom. The van der Waals surface area contributed by atoms with Gasteiger partial charge >= 0.3 is 0 Å². The van der Waals surface area contributed by atoms with Gasteiger partial charge in [0.2, 0.25) is 5.91 Å². The average Bonchev–Trinajstić information content (AvgIpc) is 3.35. The van der Waals surface area contributed by atoms with Crippen molar-refractivity contribution in [3.63, 3.8) is 0 Å². The number of amides is 1. The number of aromatic nitrogens is 3. The minimum atomic E-state index is 0.193. The number of hydrogen-bond donors (Lipinski definition) is 1. The summed E-state index contributed by atoms with van der Waals surface area (Å²) in [6.07, 6.45) is 4.71. The largest absolute Gasteiger partial charge is 0.365 e. The Morgan fingerprint density at radius 3 is 3.04 bits per heavy atom. The topological polar surface area (TPSA) is 94.8 Å². The van der Waals surface area contributed by atoms with Crippen molar-refractivity contribution in [2.75, 3.05) is 18.4 Å². The maximum atomic E-state index is 11.9. The molecule has 3 aromatic rings. The molecule has 136 valence electrons. The number of anilines is 1. The van der Waals surface area contributed by atoms with E-state index in [0.29, 0.717) is 18.7 Å². The van der Waals surface area contributed by atoms with Gasteiger partial charge in [-0.05, 0) is 24.6 Å². The first kappa shape index (κ1) is 17.4. The second-order valence-electron chi connectivity index (χ2n) is 6.42. The molecule has 0 radical (unpaired) electrons. The zero-order valence-corrected chi connectivity index (χ0v) is 15.7. The molecule has 0 unspecified atom stereocenters. The fourth-order valence-electron chi connectivity index (χ4n) is 3.24. The summed E-state index contributed by atoms with van der Waals surface area (Å²) in [5.41, 5.74) is 1.35. The van der Waals surface area contributed by atoms with Crippen molar-refractivity contribution in [3.8, 4) is 16.5 Å². The van der Waals surface area contributed by atoms with Crippen LogP contribution in [0.15, 0.2) is 30.7 Å². The van der Waals surface area contributed by atoms with E-state index in [1.165, 1.54) is 0 Å². The first-order chi connectivity index (χ1) is 13.2. The Balaban J connectivity index is 1.58. The molecule has 4 heterocycles. The minimum Gasteiger partial charge on any atom is -0.365 e. The molecule has 0 aliphatic carbocycles. The molecule has 8 heteroatoms. The van der Waals surface area contributed by atoms with Crippen molar-refractivity contribution in [3.05, 3.63) is 36.4 Å². The van der Waals surface area contributed by atoms with Gasteiger partial charge in [-0.3, -0.25) is 4.79 Å². The molecule has 1 aliphatic rings. The number of rotatable bonds is 4. The molecule has 1 aliphatic heterocycles. The van der Waals surface area contributed by atoms with Crippen LogP contribution < -0.4 is 5.32 Å². The first-order valence-corrected chi connectivity index (χ1v) is 9.65. The van der Waals surface area contributed by atoms with Crippen LogP contribution in [0.4, 0.5) is 5.82 Å². The van der Waals surface area contributed by atoms with Gasteiger partial charge < -0.3 is 10.2 Å². The third-order valence-electron chi connectivity index (χ3n) is 4.68. The zero-order valence-electron chi connectivity index (χ0n) is 14.8. The fourth-order valence-corrected chi connectivity index (χ4v) is 4.23. The molecule has 1 amide bonds. The molecule has 0 aromatic carbocycles. The highest BCUT2D eigenvalue weighted by Crippen LogP contribution is 2.35. The molecule has 7 nitrogen and oxygen atoms in total. The number of thiophene rings is 1. The third kappa shape index (κ3) is 3.46. The molecule has 0 bridgehead atoms. The Morgan fingerprint density at radius 2 is 2.30 bits per heavy atom. The molecule has 3 aromatic heterocycles. The van der Waals surface area contributed by atoms with Crippen LogP contribution in [0, 0.1) is 11.3 Å². The monoisotopic (exact) mass is 378 g/mol. The summed E-state index contributed by atoms with van der Waals surface area (Å²) < 4.78 is 0. The lowest BCUT2D eigenvalue weighted by Gasteiger charge is -2.16. The van der Waals surface area contributed by atoms with E-state index < -0.39 is 0 Å². The van der Waals surface area contributed by atoms with E-state index in [0.717, 1.165) is 39.4 Å². The highest BCUT2D eigenvalue weighted by molar-refractivity contribution is 7.21. The Labute approximate surface area is 160 Å². The molecule has 0 spiro atoms. The lowest BCUT2D eigenvalue weighted by molar-refractivity contribution is -0.129. The van der Waals surface area contributed by atoms with Gasteiger partial charge in [0, 0.05) is 42.2 Å². The van der Waals surface area contributed by atoms with E-state index in [1.54, 1.807) is 29.9 Å². The molecule has 4 rings (SSSR count). The summed E-state index contributed by atoms with van der Waals surface area (Å²) in [6.45, 7) is 3.38. The zero-order chi connectivity index (χ0) is 18.8. The number of nitrogens with one attached hydrogen (secondary N) is 1. The standard InChI is InChI=1S/C19H18N6OS/c1-2-17(26)25-6-5-14(10-25)24-18-15-7-16(27-19(15)23-11-22-18)12-3-4-13(8-20)21-9-12/h3-4,7,9,11,14H,2,5-6,10H2,1H3,(H,22,23,24)/t14-/m0/s1. The summed E-state index contributed by atoms with van der Waals surface area (Å²) in [7, 11) is 0. The lowest BCUT2D eigenvalue weighted by Crippen LogP contribution is -2.31. The predicted octanol–water partition coefficient (Wildman–Crippen LogP) is 3.05. The van der Waals surface area contributed by atoms with Crippen LogP contribution in [0.1, 0.15) is 25.5 Å². The van der Waals surface area contributed by atoms with Crippen molar-refractivity contribution >= 4 is 33.3 Å². The SMILES string of the molecule is CCC(=O)N1CC[C@H](Nc2ncnc3sc(-c4ccc(C#N)nc4)cc23)C1. The maximum Gasteiger partial charge on any atom is 0.222 e. The van der Waals surface area contributed by atoms with Gasteiger partial charge in [0.1, 0.15) is 28.7 Å². The lowest BCUT2D eigenvalue weighted by atomic mass is 10.2. The summed E-state index contributed by atoms with van der Waals surface area (Å²) >= 11 is 1.57. The normalized spacial score (nSPS) is 16.4. The number of carbonyl (C=O) groups is 1. The van der Waals surface area contributed by atoms with Crippen LogP contribution in [0.3, 0.4) is 0 Å². The molecular weight excluding hydrogens is 360 g/mol. The van der Waals surface area contributed by atoms with E-state index in [2.05, 4.69) is 26.3 Å². The van der Waals surface area contributed by atoms with Crippen molar-refractivity contribution in [1.29, 1.82) is 5.26 Å². The first-order valence-electron chi connectivity index (χ1n) is 8.83. The summed E-state index contributed by atoms with van der Waals surface area (Å²) in [4.78, 5) is 28.6. The van der Waals surface area contributed by atoms with Crippen molar-refractivity contribution < 1.29 is 4.79 Å². The van der Waals surface area contributed by atoms with Crippen molar-refractivity contribution in [2.24, 2.45) is 0 Å². The van der Waals surface area contributed by atoms with Gasteiger partial charge in [0.05, 0.1) is 5.39 Å². The summed E-state index contributed by atoms with van der Waals surface area (Å²) in [5.74, 6) is 0.984. The van der Waals surface area contributed by atoms with E-state index in [4.69, 9.17) is 5.26 Å². The van der Waals surface area contributed by atoms with Crippen molar-refractivity contribution in [2.45, 2.75) is 25.8 Å². The number of fused-ring (bicyclic) bond motifs is 1. The van der Waals surface area contributed by atoms with Crippen LogP contribution in [0.2, 0.25) is 0 Å². The van der Waals surface area contributed by atoms with Crippen LogP contribution in [0.25, 0.3) is 20.7 Å². The summed E-state index contributed by atoms with van der Waals surface area (Å²) in [5, 5.41) is 13.3. The maximum absolute atomic E-state index is 11.9. The number of carbonyl (C=O) groups excluding carboxylic acids is 1. The molecular formula is C19H18N6OS. The smallest absolute Gasteiger partial charge is 0.222 e. The molecule has 0 saturated carbocycles. The van der Waals surface area contributed by atoms with Gasteiger partial charge in [-0.1, -0.05) is 6.92 Å². The molecule has 1 saturated heterocycles. The summed E-state index contributed by atoms with van der Waals surface area (Å²) in [6, 6.07) is 7.87. The second-order valence-corrected chi connectivity index (χ2v) is 7.45. The number of nitriles is 1. The highest BCUT2D eigenvalue weighted by atomic mass is 32.1. The van der Waals surface area contributed by atoms with Crippen molar-refractivity contribution in [1.82, 2.24) is 19.9 Å². The molecule has 27 heavy (non-hydrogen) atoms. The number of hydrogen-bond acceptors (Lipinski definition) is 7. The van der Waals surface area contributed by atoms with Crippen LogP contribution in [0.5, 0.6) is 0 Å². The average molecular weight is 378 g/mol. The molecule has 1 fully saturated rings. The van der Waals surface area contributed by atoms with Crippen LogP contribution >= 0.6 is 11.3 Å².